The van der Waals surface area contributed by atoms with Gasteiger partial charge in [-0.05, 0) is 198 Å². The van der Waals surface area contributed by atoms with Gasteiger partial charge in [0, 0.05) is 33.5 Å². The van der Waals surface area contributed by atoms with Crippen LogP contribution < -0.4 is 4.90 Å². The van der Waals surface area contributed by atoms with Crippen molar-refractivity contribution in [1.82, 2.24) is 4.57 Å². The van der Waals surface area contributed by atoms with E-state index in [2.05, 4.69) is 240 Å². The minimum absolute atomic E-state index is 0.0240. The molecule has 0 aliphatic heterocycles. The second kappa shape index (κ2) is 14.2. The van der Waals surface area contributed by atoms with Crippen LogP contribution in [0, 0.1) is 13.8 Å². The fourth-order valence-electron chi connectivity index (χ4n) is 9.95. The highest BCUT2D eigenvalue weighted by atomic mass is 15.1. The van der Waals surface area contributed by atoms with E-state index < -0.39 is 0 Å². The lowest BCUT2D eigenvalue weighted by Gasteiger charge is -2.32. The zero-order chi connectivity index (χ0) is 45.4. The summed E-state index contributed by atoms with van der Waals surface area (Å²) in [4.78, 5) is 2.51. The Hall–Kier alpha value is -6.12. The van der Waals surface area contributed by atoms with Gasteiger partial charge in [-0.15, -0.1) is 0 Å². The highest BCUT2D eigenvalue weighted by molar-refractivity contribution is 6.13. The van der Waals surface area contributed by atoms with Crippen LogP contribution in [-0.2, 0) is 21.7 Å². The summed E-state index contributed by atoms with van der Waals surface area (Å²) in [6.45, 7) is 32.2. The average molecular weight is 837 g/mol. The van der Waals surface area contributed by atoms with Crippen LogP contribution in [0.4, 0.5) is 17.1 Å². The molecule has 64 heavy (non-hydrogen) atoms. The molecule has 2 heteroatoms. The van der Waals surface area contributed by atoms with Crippen molar-refractivity contribution < 1.29 is 0 Å². The zero-order valence-electron chi connectivity index (χ0n) is 40.6. The number of hydrogen-bond acceptors (Lipinski definition) is 1. The maximum absolute atomic E-state index is 2.51. The van der Waals surface area contributed by atoms with E-state index in [1.54, 1.807) is 0 Å². The first-order chi connectivity index (χ1) is 30.0. The van der Waals surface area contributed by atoms with Gasteiger partial charge >= 0.3 is 0 Å². The normalized spacial score (nSPS) is 13.2. The molecule has 0 bridgehead atoms. The van der Waals surface area contributed by atoms with Gasteiger partial charge in [0.15, 0.2) is 0 Å². The van der Waals surface area contributed by atoms with E-state index in [1.165, 1.54) is 122 Å². The summed E-state index contributed by atoms with van der Waals surface area (Å²) >= 11 is 0. The third-order valence-electron chi connectivity index (χ3n) is 14.1. The van der Waals surface area contributed by atoms with Crippen LogP contribution in [0.2, 0.25) is 0 Å². The van der Waals surface area contributed by atoms with E-state index >= 15 is 0 Å². The fourth-order valence-corrected chi connectivity index (χ4v) is 9.95. The van der Waals surface area contributed by atoms with Crippen LogP contribution in [-0.4, -0.2) is 4.57 Å². The molecule has 2 nitrogen and oxygen atoms in total. The summed E-state index contributed by atoms with van der Waals surface area (Å²) in [6, 6.07) is 52.0. The number of benzene rings is 8. The largest absolute Gasteiger partial charge is 0.310 e. The van der Waals surface area contributed by atoms with E-state index in [0.29, 0.717) is 0 Å². The quantitative estimate of drug-likeness (QED) is 0.171. The van der Waals surface area contributed by atoms with Crippen molar-refractivity contribution >= 4 is 60.4 Å². The zero-order valence-corrected chi connectivity index (χ0v) is 40.6. The molecule has 0 spiro atoms. The van der Waals surface area contributed by atoms with Gasteiger partial charge in [-0.2, -0.15) is 0 Å². The van der Waals surface area contributed by atoms with Gasteiger partial charge in [0.2, 0.25) is 0 Å². The number of fused-ring (bicyclic) bond motifs is 9. The van der Waals surface area contributed by atoms with Gasteiger partial charge in [0.05, 0.1) is 11.0 Å². The maximum Gasteiger partial charge on any atom is 0.0541 e. The Balaban J connectivity index is 1.10. The van der Waals surface area contributed by atoms with E-state index in [9.17, 15) is 0 Å². The Labute approximate surface area is 381 Å². The molecule has 0 N–H and O–H groups in total. The first-order valence-electron chi connectivity index (χ1n) is 23.3. The second-order valence-electron chi connectivity index (χ2n) is 23.0. The summed E-state index contributed by atoms with van der Waals surface area (Å²) < 4.78 is 2.48. The van der Waals surface area contributed by atoms with Gasteiger partial charge < -0.3 is 9.47 Å². The van der Waals surface area contributed by atoms with Gasteiger partial charge in [0.1, 0.15) is 0 Å². The number of hydrogen-bond donors (Lipinski definition) is 0. The molecule has 0 amide bonds. The summed E-state index contributed by atoms with van der Waals surface area (Å²) in [7, 11) is 0. The lowest BCUT2D eigenvalue weighted by Crippen LogP contribution is -2.18. The molecule has 322 valence electrons. The summed E-state index contributed by atoms with van der Waals surface area (Å²) in [5.41, 5.74) is 20.7. The lowest BCUT2D eigenvalue weighted by molar-refractivity contribution is 0.589. The maximum atomic E-state index is 2.51. The molecule has 9 aromatic rings. The highest BCUT2D eigenvalue weighted by Crippen LogP contribution is 2.52. The third kappa shape index (κ3) is 6.93. The minimum atomic E-state index is 0.0240. The molecule has 1 aliphatic carbocycles. The number of rotatable bonds is 4. The average Bonchev–Trinajstić information content (AvgIpc) is 3.55. The Bertz CT molecular complexity index is 3240. The van der Waals surface area contributed by atoms with Gasteiger partial charge in [-0.25, -0.2) is 0 Å². The monoisotopic (exact) mass is 837 g/mol. The first kappa shape index (κ1) is 41.9. The Kier molecular flexibility index (Phi) is 9.28. The number of anilines is 3. The van der Waals surface area contributed by atoms with Crippen LogP contribution in [0.5, 0.6) is 0 Å². The molecular weight excluding hydrogens is 773 g/mol. The van der Waals surface area contributed by atoms with Gasteiger partial charge in [-0.3, -0.25) is 0 Å². The smallest absolute Gasteiger partial charge is 0.0541 e. The standard InChI is InChI=1S/C62H64N2/c1-37-15-19-45(61(9,10)11)35-57(37)64(58-36-46(62(12,13)14)20-16-38(58)2)48-24-18-40-30-50-49-29-39-17-23-47(27-41(39)31-51(49)52(50)32-42(40)28-48)63-55-25-21-43(59(3,4)5)33-53(55)54-34-44(60(6,7)8)22-26-56(54)63/h15-36H,1-14H3. The van der Waals surface area contributed by atoms with Crippen molar-refractivity contribution in [3.8, 4) is 27.9 Å². The number of aryl methyl sites for hydroxylation is 2. The molecule has 0 saturated carbocycles. The van der Waals surface area contributed by atoms with Gasteiger partial charge in [0.25, 0.3) is 0 Å². The Morgan fingerprint density at radius 2 is 0.719 bits per heavy atom. The van der Waals surface area contributed by atoms with Crippen molar-refractivity contribution in [3.05, 3.63) is 167 Å². The predicted molar refractivity (Wildman–Crippen MR) is 279 cm³/mol. The molecular formula is C62H64N2. The van der Waals surface area contributed by atoms with Crippen molar-refractivity contribution in [2.24, 2.45) is 0 Å². The van der Waals surface area contributed by atoms with Crippen LogP contribution >= 0.6 is 0 Å². The second-order valence-corrected chi connectivity index (χ2v) is 23.0. The molecule has 10 rings (SSSR count). The number of nitrogens with zero attached hydrogens (tertiary/aromatic N) is 2. The van der Waals surface area contributed by atoms with Crippen LogP contribution in [0.3, 0.4) is 0 Å². The molecule has 8 aromatic carbocycles. The minimum Gasteiger partial charge on any atom is -0.310 e. The van der Waals surface area contributed by atoms with E-state index in [1.807, 2.05) is 0 Å². The van der Waals surface area contributed by atoms with Crippen molar-refractivity contribution in [2.45, 2.75) is 119 Å². The highest BCUT2D eigenvalue weighted by Gasteiger charge is 2.27. The Morgan fingerprint density at radius 1 is 0.344 bits per heavy atom. The van der Waals surface area contributed by atoms with E-state index in [-0.39, 0.29) is 21.7 Å². The lowest BCUT2D eigenvalue weighted by atomic mass is 9.78. The molecule has 0 saturated heterocycles. The number of aromatic nitrogens is 1. The van der Waals surface area contributed by atoms with E-state index in [4.69, 9.17) is 0 Å². The molecule has 0 unspecified atom stereocenters. The third-order valence-corrected chi connectivity index (χ3v) is 14.1. The van der Waals surface area contributed by atoms with Crippen LogP contribution in [0.1, 0.15) is 116 Å². The molecule has 0 radical (unpaired) electrons. The van der Waals surface area contributed by atoms with E-state index in [0.717, 1.165) is 0 Å². The summed E-state index contributed by atoms with van der Waals surface area (Å²) in [5.74, 6) is 0. The predicted octanol–water partition coefficient (Wildman–Crippen LogP) is 18.0. The van der Waals surface area contributed by atoms with Crippen molar-refractivity contribution in [2.75, 3.05) is 4.90 Å². The van der Waals surface area contributed by atoms with Crippen molar-refractivity contribution in [1.29, 1.82) is 0 Å². The van der Waals surface area contributed by atoms with Crippen LogP contribution in [0.25, 0.3) is 71.3 Å². The SMILES string of the molecule is Cc1ccc(C(C)(C)C)cc1N(c1ccc2cc3c(cc2c1)-c1cc2cc(-n4c5ccc(C(C)(C)C)cc5c5cc(C(C)(C)C)ccc54)ccc2cc1-3)c1cc(C(C)(C)C)ccc1C. The fraction of sp³-hybridized carbons (Fsp3) is 0.290. The van der Waals surface area contributed by atoms with Gasteiger partial charge in [-0.1, -0.05) is 132 Å². The summed E-state index contributed by atoms with van der Waals surface area (Å²) in [5, 5.41) is 7.69. The molecule has 1 heterocycles. The first-order valence-corrected chi connectivity index (χ1v) is 23.3. The summed E-state index contributed by atoms with van der Waals surface area (Å²) in [6.07, 6.45) is 0. The Morgan fingerprint density at radius 3 is 1.16 bits per heavy atom. The molecule has 1 aliphatic rings. The van der Waals surface area contributed by atoms with Crippen molar-refractivity contribution in [3.63, 3.8) is 0 Å². The molecule has 1 aromatic heterocycles. The molecule has 0 atom stereocenters. The molecule has 0 fully saturated rings. The van der Waals surface area contributed by atoms with Crippen LogP contribution in [0.15, 0.2) is 133 Å². The topological polar surface area (TPSA) is 8.17 Å².